The predicted octanol–water partition coefficient (Wildman–Crippen LogP) is 3.63. The van der Waals surface area contributed by atoms with Crippen LogP contribution in [0.25, 0.3) is 0 Å². The molecule has 1 aromatic rings. The van der Waals surface area contributed by atoms with Crippen molar-refractivity contribution >= 4 is 5.78 Å². The Labute approximate surface area is 122 Å². The number of ketones is 1. The average Bonchev–Trinajstić information content (AvgIpc) is 2.51. The van der Waals surface area contributed by atoms with E-state index >= 15 is 0 Å². The fraction of sp³-hybridized carbons (Fsp3) is 0.611. The van der Waals surface area contributed by atoms with E-state index in [2.05, 4.69) is 29.2 Å². The van der Waals surface area contributed by atoms with Gasteiger partial charge in [0.1, 0.15) is 5.78 Å². The van der Waals surface area contributed by atoms with Gasteiger partial charge >= 0.3 is 0 Å². The van der Waals surface area contributed by atoms with Gasteiger partial charge in [-0.3, -0.25) is 4.79 Å². The van der Waals surface area contributed by atoms with Gasteiger partial charge in [0.2, 0.25) is 0 Å². The van der Waals surface area contributed by atoms with E-state index in [-0.39, 0.29) is 11.8 Å². The number of piperidine rings is 1. The Morgan fingerprint density at radius 1 is 0.950 bits per heavy atom. The Bertz CT molecular complexity index is 436. The van der Waals surface area contributed by atoms with E-state index in [1.54, 1.807) is 0 Å². The summed E-state index contributed by atoms with van der Waals surface area (Å²) < 4.78 is 0. The largest absolute Gasteiger partial charge is 0.303 e. The highest BCUT2D eigenvalue weighted by molar-refractivity contribution is 5.88. The third-order valence-electron chi connectivity index (χ3n) is 4.92. The van der Waals surface area contributed by atoms with Crippen LogP contribution >= 0.6 is 0 Å². The summed E-state index contributed by atoms with van der Waals surface area (Å²) in [6.07, 6.45) is 7.32. The maximum absolute atomic E-state index is 12.8. The Hall–Kier alpha value is -1.15. The average molecular weight is 271 g/mol. The zero-order valence-corrected chi connectivity index (χ0v) is 12.3. The number of Topliss-reactive ketones (excluding diaryl/α,β-unsaturated/α-hetero) is 1. The van der Waals surface area contributed by atoms with Crippen LogP contribution in [-0.2, 0) is 4.79 Å². The van der Waals surface area contributed by atoms with Crippen molar-refractivity contribution in [1.82, 2.24) is 4.90 Å². The zero-order chi connectivity index (χ0) is 13.8. The Kier molecular flexibility index (Phi) is 4.51. The summed E-state index contributed by atoms with van der Waals surface area (Å²) in [7, 11) is 0. The second-order valence-electron chi connectivity index (χ2n) is 6.35. The topological polar surface area (TPSA) is 20.3 Å². The lowest BCUT2D eigenvalue weighted by molar-refractivity contribution is -0.127. The summed E-state index contributed by atoms with van der Waals surface area (Å²) in [6.45, 7) is 3.39. The van der Waals surface area contributed by atoms with Crippen LogP contribution in [0.4, 0.5) is 0 Å². The molecule has 0 amide bonds. The van der Waals surface area contributed by atoms with Gasteiger partial charge in [-0.2, -0.15) is 0 Å². The van der Waals surface area contributed by atoms with Crippen molar-refractivity contribution in [1.29, 1.82) is 0 Å². The molecule has 0 bridgehead atoms. The van der Waals surface area contributed by atoms with Crippen LogP contribution in [0, 0.1) is 5.92 Å². The third kappa shape index (κ3) is 3.12. The third-order valence-corrected chi connectivity index (χ3v) is 4.92. The molecule has 1 aliphatic heterocycles. The van der Waals surface area contributed by atoms with Crippen molar-refractivity contribution in [3.63, 3.8) is 0 Å². The van der Waals surface area contributed by atoms with E-state index < -0.39 is 0 Å². The molecular weight excluding hydrogens is 246 g/mol. The number of hydrogen-bond donors (Lipinski definition) is 0. The van der Waals surface area contributed by atoms with Gasteiger partial charge in [-0.1, -0.05) is 43.2 Å². The molecular formula is C18H25NO. The second kappa shape index (κ2) is 6.53. The van der Waals surface area contributed by atoms with Crippen molar-refractivity contribution < 1.29 is 4.79 Å². The van der Waals surface area contributed by atoms with Crippen LogP contribution in [0.3, 0.4) is 0 Å². The second-order valence-corrected chi connectivity index (χ2v) is 6.35. The maximum atomic E-state index is 12.8. The quantitative estimate of drug-likeness (QED) is 0.837. The molecule has 0 unspecified atom stereocenters. The van der Waals surface area contributed by atoms with Crippen LogP contribution in [0.5, 0.6) is 0 Å². The summed E-state index contributed by atoms with van der Waals surface area (Å²) in [5.41, 5.74) is 1.22. The summed E-state index contributed by atoms with van der Waals surface area (Å²) in [5.74, 6) is 0.917. The fourth-order valence-electron chi connectivity index (χ4n) is 3.79. The van der Waals surface area contributed by atoms with Gasteiger partial charge < -0.3 is 4.90 Å². The van der Waals surface area contributed by atoms with Gasteiger partial charge in [0, 0.05) is 18.4 Å². The maximum Gasteiger partial charge on any atom is 0.144 e. The first-order valence-electron chi connectivity index (χ1n) is 8.15. The fourth-order valence-corrected chi connectivity index (χ4v) is 3.79. The lowest BCUT2D eigenvalue weighted by Crippen LogP contribution is -2.39. The van der Waals surface area contributed by atoms with Gasteiger partial charge in [-0.25, -0.2) is 0 Å². The van der Waals surface area contributed by atoms with Gasteiger partial charge in [0.15, 0.2) is 0 Å². The number of likely N-dealkylation sites (tertiary alicyclic amines) is 1. The standard InChI is InChI=1S/C18H25NO/c20-18-16(14-19-12-5-2-6-13-19)10-7-11-17(18)15-8-3-1-4-9-15/h1,3-4,8-9,16-17H,2,5-7,10-14H2/t16-,17-/m1/s1. The molecule has 108 valence electrons. The molecule has 2 fully saturated rings. The lowest BCUT2D eigenvalue weighted by atomic mass is 9.76. The van der Waals surface area contributed by atoms with Crippen LogP contribution in [-0.4, -0.2) is 30.3 Å². The summed E-state index contributed by atoms with van der Waals surface area (Å²) in [6, 6.07) is 10.4. The number of benzene rings is 1. The molecule has 1 aromatic carbocycles. The van der Waals surface area contributed by atoms with E-state index in [0.29, 0.717) is 5.78 Å². The molecule has 1 saturated heterocycles. The Morgan fingerprint density at radius 2 is 1.70 bits per heavy atom. The van der Waals surface area contributed by atoms with Crippen LogP contribution in [0.15, 0.2) is 30.3 Å². The van der Waals surface area contributed by atoms with Gasteiger partial charge in [0.05, 0.1) is 0 Å². The van der Waals surface area contributed by atoms with Gasteiger partial charge in [0.25, 0.3) is 0 Å². The number of rotatable bonds is 3. The molecule has 0 spiro atoms. The first-order valence-corrected chi connectivity index (χ1v) is 8.15. The van der Waals surface area contributed by atoms with E-state index in [1.165, 1.54) is 44.3 Å². The number of carbonyl (C=O) groups excluding carboxylic acids is 1. The lowest BCUT2D eigenvalue weighted by Gasteiger charge is -2.34. The SMILES string of the molecule is O=C1[C@@H](CN2CCCCC2)CCC[C@@H]1c1ccccc1. The van der Waals surface area contributed by atoms with Crippen LogP contribution in [0.2, 0.25) is 0 Å². The van der Waals surface area contributed by atoms with E-state index in [1.807, 2.05) is 6.07 Å². The Balaban J connectivity index is 1.65. The first-order chi connectivity index (χ1) is 9.84. The zero-order valence-electron chi connectivity index (χ0n) is 12.3. The molecule has 2 heteroatoms. The molecule has 2 aliphatic rings. The summed E-state index contributed by atoms with van der Waals surface area (Å²) in [5, 5.41) is 0. The summed E-state index contributed by atoms with van der Waals surface area (Å²) >= 11 is 0. The van der Waals surface area contributed by atoms with Crippen molar-refractivity contribution in [3.05, 3.63) is 35.9 Å². The van der Waals surface area contributed by atoms with E-state index in [0.717, 1.165) is 19.4 Å². The normalized spacial score (nSPS) is 28.5. The van der Waals surface area contributed by atoms with Gasteiger partial charge in [-0.05, 0) is 44.3 Å². The van der Waals surface area contributed by atoms with Crippen molar-refractivity contribution in [2.24, 2.45) is 5.92 Å². The van der Waals surface area contributed by atoms with Crippen LogP contribution in [0.1, 0.15) is 50.0 Å². The molecule has 1 aliphatic carbocycles. The molecule has 2 nitrogen and oxygen atoms in total. The number of hydrogen-bond acceptors (Lipinski definition) is 2. The van der Waals surface area contributed by atoms with Crippen molar-refractivity contribution in [3.8, 4) is 0 Å². The van der Waals surface area contributed by atoms with Crippen molar-refractivity contribution in [2.75, 3.05) is 19.6 Å². The minimum atomic E-state index is 0.153. The molecule has 1 saturated carbocycles. The molecule has 0 radical (unpaired) electrons. The summed E-state index contributed by atoms with van der Waals surface area (Å²) in [4.78, 5) is 15.3. The smallest absolute Gasteiger partial charge is 0.144 e. The molecule has 1 heterocycles. The minimum Gasteiger partial charge on any atom is -0.303 e. The highest BCUT2D eigenvalue weighted by Gasteiger charge is 2.33. The molecule has 0 N–H and O–H groups in total. The molecule has 2 atom stereocenters. The number of carbonyl (C=O) groups is 1. The van der Waals surface area contributed by atoms with Gasteiger partial charge in [-0.15, -0.1) is 0 Å². The first kappa shape index (κ1) is 13.8. The molecule has 0 aromatic heterocycles. The molecule has 3 rings (SSSR count). The number of nitrogens with zero attached hydrogens (tertiary/aromatic N) is 1. The van der Waals surface area contributed by atoms with Crippen LogP contribution < -0.4 is 0 Å². The van der Waals surface area contributed by atoms with E-state index in [4.69, 9.17) is 0 Å². The highest BCUT2D eigenvalue weighted by atomic mass is 16.1. The minimum absolute atomic E-state index is 0.153. The predicted molar refractivity (Wildman–Crippen MR) is 81.8 cm³/mol. The van der Waals surface area contributed by atoms with Crippen molar-refractivity contribution in [2.45, 2.75) is 44.4 Å². The highest BCUT2D eigenvalue weighted by Crippen LogP contribution is 2.33. The van der Waals surface area contributed by atoms with E-state index in [9.17, 15) is 4.79 Å². The monoisotopic (exact) mass is 271 g/mol. The molecule has 20 heavy (non-hydrogen) atoms. The Morgan fingerprint density at radius 3 is 2.45 bits per heavy atom.